The number of benzene rings is 2. The van der Waals surface area contributed by atoms with E-state index in [4.69, 9.17) is 9.84 Å². The van der Waals surface area contributed by atoms with Crippen LogP contribution in [0.5, 0.6) is 5.75 Å². The summed E-state index contributed by atoms with van der Waals surface area (Å²) in [5.41, 5.74) is 1.92. The molecule has 0 unspecified atom stereocenters. The zero-order valence-corrected chi connectivity index (χ0v) is 15.4. The van der Waals surface area contributed by atoms with E-state index in [9.17, 15) is 9.18 Å². The zero-order chi connectivity index (χ0) is 19.1. The molecule has 3 rings (SSSR count). The number of ether oxygens (including phenoxy) is 1. The number of aliphatic carboxylic acids is 1. The predicted molar refractivity (Wildman–Crippen MR) is 102 cm³/mol. The van der Waals surface area contributed by atoms with E-state index in [-0.39, 0.29) is 12.4 Å². The van der Waals surface area contributed by atoms with Crippen molar-refractivity contribution in [3.8, 4) is 5.75 Å². The topological polar surface area (TPSA) is 49.8 Å². The maximum atomic E-state index is 13.8. The molecule has 0 aromatic heterocycles. The second-order valence-corrected chi connectivity index (χ2v) is 7.20. The van der Waals surface area contributed by atoms with E-state index in [1.54, 1.807) is 12.1 Å². The minimum atomic E-state index is -0.978. The summed E-state index contributed by atoms with van der Waals surface area (Å²) in [7, 11) is 0. The second-order valence-electron chi connectivity index (χ2n) is 7.20. The van der Waals surface area contributed by atoms with Gasteiger partial charge in [-0.3, -0.25) is 4.90 Å². The first-order valence-corrected chi connectivity index (χ1v) is 9.49. The molecule has 0 saturated carbocycles. The lowest BCUT2D eigenvalue weighted by Crippen LogP contribution is -2.35. The number of likely N-dealkylation sites (tertiary alicyclic amines) is 1. The lowest BCUT2D eigenvalue weighted by Gasteiger charge is -2.33. The quantitative estimate of drug-likeness (QED) is 0.758. The van der Waals surface area contributed by atoms with E-state index < -0.39 is 5.97 Å². The summed E-state index contributed by atoms with van der Waals surface area (Å²) in [6.07, 6.45) is 4.12. The molecule has 0 radical (unpaired) electrons. The fourth-order valence-electron chi connectivity index (χ4n) is 3.73. The van der Waals surface area contributed by atoms with Crippen LogP contribution in [-0.4, -0.2) is 35.7 Å². The maximum absolute atomic E-state index is 13.8. The number of carboxylic acids is 1. The molecular weight excluding hydrogens is 345 g/mol. The van der Waals surface area contributed by atoms with E-state index in [1.807, 2.05) is 30.3 Å². The molecule has 1 aliphatic heterocycles. The van der Waals surface area contributed by atoms with Crippen LogP contribution >= 0.6 is 0 Å². The molecule has 2 aromatic rings. The van der Waals surface area contributed by atoms with Crippen molar-refractivity contribution in [2.75, 3.05) is 19.7 Å². The van der Waals surface area contributed by atoms with Gasteiger partial charge in [0.2, 0.25) is 0 Å². The van der Waals surface area contributed by atoms with Gasteiger partial charge in [-0.15, -0.1) is 0 Å². The van der Waals surface area contributed by atoms with Crippen LogP contribution in [0.3, 0.4) is 0 Å². The molecule has 5 heteroatoms. The Labute approximate surface area is 159 Å². The summed E-state index contributed by atoms with van der Waals surface area (Å²) in [5.74, 6) is 0.0743. The smallest absolute Gasteiger partial charge is 0.341 e. The Kier molecular flexibility index (Phi) is 6.82. The van der Waals surface area contributed by atoms with Crippen molar-refractivity contribution >= 4 is 5.97 Å². The first-order chi connectivity index (χ1) is 13.1. The molecule has 144 valence electrons. The third-order valence-corrected chi connectivity index (χ3v) is 5.05. The van der Waals surface area contributed by atoms with Crippen LogP contribution in [0.2, 0.25) is 0 Å². The molecule has 27 heavy (non-hydrogen) atoms. The van der Waals surface area contributed by atoms with E-state index in [0.717, 1.165) is 50.0 Å². The van der Waals surface area contributed by atoms with E-state index in [2.05, 4.69) is 4.90 Å². The minimum Gasteiger partial charge on any atom is -0.482 e. The van der Waals surface area contributed by atoms with Crippen LogP contribution in [0.1, 0.15) is 30.4 Å². The van der Waals surface area contributed by atoms with Gasteiger partial charge in [0, 0.05) is 13.1 Å². The number of hydrogen-bond donors (Lipinski definition) is 1. The largest absolute Gasteiger partial charge is 0.482 e. The lowest BCUT2D eigenvalue weighted by molar-refractivity contribution is -0.139. The summed E-state index contributed by atoms with van der Waals surface area (Å²) < 4.78 is 19.1. The SMILES string of the molecule is O=C(O)COc1cccc(CN2CCC[C@H](CCc3ccccc3F)C2)c1. The van der Waals surface area contributed by atoms with Gasteiger partial charge in [0.25, 0.3) is 0 Å². The van der Waals surface area contributed by atoms with Crippen molar-refractivity contribution in [1.82, 2.24) is 4.90 Å². The summed E-state index contributed by atoms with van der Waals surface area (Å²) in [4.78, 5) is 13.1. The van der Waals surface area contributed by atoms with Crippen molar-refractivity contribution < 1.29 is 19.0 Å². The molecule has 4 nitrogen and oxygen atoms in total. The van der Waals surface area contributed by atoms with Crippen molar-refractivity contribution in [3.63, 3.8) is 0 Å². The molecule has 0 spiro atoms. The first kappa shape index (κ1) is 19.4. The highest BCUT2D eigenvalue weighted by Crippen LogP contribution is 2.24. The summed E-state index contributed by atoms with van der Waals surface area (Å²) in [6, 6.07) is 14.6. The summed E-state index contributed by atoms with van der Waals surface area (Å²) in [6.45, 7) is 2.55. The standard InChI is InChI=1S/C22H26FNO3/c23-21-9-2-1-7-19(21)11-10-17-6-4-12-24(14-17)15-18-5-3-8-20(13-18)27-16-22(25)26/h1-3,5,7-9,13,17H,4,6,10-12,14-16H2,(H,25,26)/t17-/m1/s1. The fourth-order valence-corrected chi connectivity index (χ4v) is 3.73. The number of carboxylic acid groups (broad SMARTS) is 1. The van der Waals surface area contributed by atoms with E-state index >= 15 is 0 Å². The third-order valence-electron chi connectivity index (χ3n) is 5.05. The van der Waals surface area contributed by atoms with Crippen LogP contribution in [0.4, 0.5) is 4.39 Å². The van der Waals surface area contributed by atoms with Gasteiger partial charge in [-0.2, -0.15) is 0 Å². The average molecular weight is 371 g/mol. The monoisotopic (exact) mass is 371 g/mol. The molecule has 1 saturated heterocycles. The van der Waals surface area contributed by atoms with Gasteiger partial charge < -0.3 is 9.84 Å². The molecule has 1 aliphatic rings. The predicted octanol–water partition coefficient (Wildman–Crippen LogP) is 4.13. The van der Waals surface area contributed by atoms with Gasteiger partial charge in [0.1, 0.15) is 11.6 Å². The normalized spacial score (nSPS) is 17.6. The molecule has 1 N–H and O–H groups in total. The van der Waals surface area contributed by atoms with Crippen molar-refractivity contribution in [3.05, 3.63) is 65.5 Å². The Hall–Kier alpha value is -2.40. The first-order valence-electron chi connectivity index (χ1n) is 9.49. The van der Waals surface area contributed by atoms with Crippen LogP contribution in [-0.2, 0) is 17.8 Å². The highest BCUT2D eigenvalue weighted by Gasteiger charge is 2.20. The Balaban J connectivity index is 1.51. The Bertz CT molecular complexity index is 765. The second kappa shape index (κ2) is 9.51. The van der Waals surface area contributed by atoms with Crippen LogP contribution in [0.25, 0.3) is 0 Å². The van der Waals surface area contributed by atoms with Crippen LogP contribution in [0.15, 0.2) is 48.5 Å². The number of nitrogens with zero attached hydrogens (tertiary/aromatic N) is 1. The van der Waals surface area contributed by atoms with Gasteiger partial charge in [-0.1, -0.05) is 30.3 Å². The number of halogens is 1. The number of hydrogen-bond acceptors (Lipinski definition) is 3. The van der Waals surface area contributed by atoms with Gasteiger partial charge in [-0.25, -0.2) is 9.18 Å². The molecule has 1 heterocycles. The lowest BCUT2D eigenvalue weighted by atomic mass is 9.91. The number of carbonyl (C=O) groups is 1. The van der Waals surface area contributed by atoms with E-state index in [1.165, 1.54) is 12.5 Å². The Morgan fingerprint density at radius 1 is 1.22 bits per heavy atom. The number of rotatable bonds is 8. The number of aryl methyl sites for hydroxylation is 1. The molecule has 0 bridgehead atoms. The van der Waals surface area contributed by atoms with Crippen LogP contribution < -0.4 is 4.74 Å². The molecule has 0 amide bonds. The van der Waals surface area contributed by atoms with Crippen molar-refractivity contribution in [1.29, 1.82) is 0 Å². The maximum Gasteiger partial charge on any atom is 0.341 e. The van der Waals surface area contributed by atoms with Gasteiger partial charge in [-0.05, 0) is 67.5 Å². The summed E-state index contributed by atoms with van der Waals surface area (Å²) >= 11 is 0. The van der Waals surface area contributed by atoms with Crippen molar-refractivity contribution in [2.45, 2.75) is 32.2 Å². The molecule has 2 aromatic carbocycles. The summed E-state index contributed by atoms with van der Waals surface area (Å²) in [5, 5.41) is 8.73. The van der Waals surface area contributed by atoms with Gasteiger partial charge >= 0.3 is 5.97 Å². The molecule has 1 fully saturated rings. The molecule has 0 aliphatic carbocycles. The number of piperidine rings is 1. The van der Waals surface area contributed by atoms with E-state index in [0.29, 0.717) is 11.7 Å². The Morgan fingerprint density at radius 2 is 2.07 bits per heavy atom. The third kappa shape index (κ3) is 6.07. The van der Waals surface area contributed by atoms with Gasteiger partial charge in [0.05, 0.1) is 0 Å². The van der Waals surface area contributed by atoms with Crippen LogP contribution in [0, 0.1) is 11.7 Å². The minimum absolute atomic E-state index is 0.108. The zero-order valence-electron chi connectivity index (χ0n) is 15.4. The fraction of sp³-hybridized carbons (Fsp3) is 0.409. The highest BCUT2D eigenvalue weighted by atomic mass is 19.1. The molecular formula is C22H26FNO3. The van der Waals surface area contributed by atoms with Crippen molar-refractivity contribution in [2.24, 2.45) is 5.92 Å². The molecule has 1 atom stereocenters. The average Bonchev–Trinajstić information content (AvgIpc) is 2.66. The Morgan fingerprint density at radius 3 is 2.89 bits per heavy atom. The van der Waals surface area contributed by atoms with Gasteiger partial charge in [0.15, 0.2) is 6.61 Å². The highest BCUT2D eigenvalue weighted by molar-refractivity contribution is 5.68.